The molecule has 5 nitrogen and oxygen atoms in total. The molecule has 0 aliphatic heterocycles. The molecular weight excluding hydrogens is 382 g/mol. The average Bonchev–Trinajstić information content (AvgIpc) is 3.06. The van der Waals surface area contributed by atoms with Crippen LogP contribution in [0.5, 0.6) is 0 Å². The van der Waals surface area contributed by atoms with Gasteiger partial charge < -0.3 is 5.32 Å². The number of nitrogens with zero attached hydrogens (tertiary/aromatic N) is 2. The van der Waals surface area contributed by atoms with Crippen LogP contribution in [0.2, 0.25) is 5.02 Å². The summed E-state index contributed by atoms with van der Waals surface area (Å²) < 4.78 is 3.14. The second kappa shape index (κ2) is 7.13. The van der Waals surface area contributed by atoms with Gasteiger partial charge in [-0.25, -0.2) is 4.68 Å². The number of benzene rings is 2. The standard InChI is InChI=1S/C20H16ClN3O2S/c1-12-19-18(14-7-3-5-9-16(14)27-19)20(26)24(23-12)11-17(25)22-10-13-6-2-4-8-15(13)21/h2-9H,10-11H2,1H3,(H,22,25). The van der Waals surface area contributed by atoms with Gasteiger partial charge >= 0.3 is 0 Å². The predicted octanol–water partition coefficient (Wildman–Crippen LogP) is 3.89. The largest absolute Gasteiger partial charge is 0.350 e. The van der Waals surface area contributed by atoms with Gasteiger partial charge in [0, 0.05) is 21.7 Å². The van der Waals surface area contributed by atoms with E-state index in [1.54, 1.807) is 17.4 Å². The van der Waals surface area contributed by atoms with Crippen molar-refractivity contribution in [2.45, 2.75) is 20.0 Å². The molecule has 0 unspecified atom stereocenters. The van der Waals surface area contributed by atoms with Gasteiger partial charge in [0.25, 0.3) is 5.56 Å². The molecule has 136 valence electrons. The normalized spacial score (nSPS) is 11.2. The highest BCUT2D eigenvalue weighted by atomic mass is 35.5. The smallest absolute Gasteiger partial charge is 0.276 e. The Morgan fingerprint density at radius 1 is 1.19 bits per heavy atom. The third-order valence-corrected chi connectivity index (χ3v) is 6.02. The molecule has 2 heterocycles. The van der Waals surface area contributed by atoms with E-state index in [9.17, 15) is 9.59 Å². The highest BCUT2D eigenvalue weighted by Gasteiger charge is 2.16. The number of aryl methyl sites for hydroxylation is 1. The molecule has 0 fully saturated rings. The van der Waals surface area contributed by atoms with Crippen molar-refractivity contribution < 1.29 is 4.79 Å². The van der Waals surface area contributed by atoms with Gasteiger partial charge in [-0.3, -0.25) is 9.59 Å². The molecule has 2 aromatic carbocycles. The van der Waals surface area contributed by atoms with Crippen LogP contribution in [-0.4, -0.2) is 15.7 Å². The number of carbonyl (C=O) groups excluding carboxylic acids is 1. The summed E-state index contributed by atoms with van der Waals surface area (Å²) in [7, 11) is 0. The topological polar surface area (TPSA) is 64.0 Å². The Labute approximate surface area is 164 Å². The third-order valence-electron chi connectivity index (χ3n) is 4.37. The van der Waals surface area contributed by atoms with Crippen molar-refractivity contribution in [3.63, 3.8) is 0 Å². The maximum atomic E-state index is 12.9. The Bertz CT molecular complexity index is 1230. The van der Waals surface area contributed by atoms with Crippen molar-refractivity contribution in [3.05, 3.63) is 75.2 Å². The van der Waals surface area contributed by atoms with Gasteiger partial charge in [-0.15, -0.1) is 11.3 Å². The zero-order valence-electron chi connectivity index (χ0n) is 14.5. The van der Waals surface area contributed by atoms with E-state index in [-0.39, 0.29) is 18.0 Å². The lowest BCUT2D eigenvalue weighted by Gasteiger charge is -2.09. The van der Waals surface area contributed by atoms with Crippen LogP contribution in [0.3, 0.4) is 0 Å². The van der Waals surface area contributed by atoms with Crippen LogP contribution >= 0.6 is 22.9 Å². The second-order valence-electron chi connectivity index (χ2n) is 6.22. The minimum absolute atomic E-state index is 0.135. The highest BCUT2D eigenvalue weighted by Crippen LogP contribution is 2.32. The molecule has 4 aromatic rings. The Balaban J connectivity index is 1.63. The zero-order chi connectivity index (χ0) is 19.0. The first-order chi connectivity index (χ1) is 13.0. The third kappa shape index (κ3) is 3.34. The van der Waals surface area contributed by atoms with Gasteiger partial charge in [0.05, 0.1) is 15.8 Å². The van der Waals surface area contributed by atoms with E-state index in [2.05, 4.69) is 10.4 Å². The lowest BCUT2D eigenvalue weighted by atomic mass is 10.2. The van der Waals surface area contributed by atoms with Crippen LogP contribution in [0, 0.1) is 6.92 Å². The van der Waals surface area contributed by atoms with Crippen LogP contribution in [0.25, 0.3) is 20.2 Å². The molecule has 0 saturated heterocycles. The zero-order valence-corrected chi connectivity index (χ0v) is 16.1. The summed E-state index contributed by atoms with van der Waals surface area (Å²) in [5.74, 6) is -0.289. The Morgan fingerprint density at radius 3 is 2.74 bits per heavy atom. The molecule has 0 bridgehead atoms. The minimum Gasteiger partial charge on any atom is -0.350 e. The maximum Gasteiger partial charge on any atom is 0.276 e. The Kier molecular flexibility index (Phi) is 4.68. The summed E-state index contributed by atoms with van der Waals surface area (Å²) in [6.07, 6.45) is 0. The second-order valence-corrected chi connectivity index (χ2v) is 7.68. The summed E-state index contributed by atoms with van der Waals surface area (Å²) in [4.78, 5) is 25.3. The number of nitrogens with one attached hydrogen (secondary N) is 1. The lowest BCUT2D eigenvalue weighted by molar-refractivity contribution is -0.122. The first-order valence-electron chi connectivity index (χ1n) is 8.43. The maximum absolute atomic E-state index is 12.9. The summed E-state index contributed by atoms with van der Waals surface area (Å²) in [5.41, 5.74) is 1.31. The van der Waals surface area contributed by atoms with Crippen LogP contribution in [0.4, 0.5) is 0 Å². The van der Waals surface area contributed by atoms with E-state index in [4.69, 9.17) is 11.6 Å². The van der Waals surface area contributed by atoms with Gasteiger partial charge in [0.15, 0.2) is 0 Å². The number of amides is 1. The highest BCUT2D eigenvalue weighted by molar-refractivity contribution is 7.26. The number of fused-ring (bicyclic) bond motifs is 3. The Morgan fingerprint density at radius 2 is 1.93 bits per heavy atom. The van der Waals surface area contributed by atoms with E-state index in [0.29, 0.717) is 17.0 Å². The van der Waals surface area contributed by atoms with Gasteiger partial charge in [-0.05, 0) is 24.6 Å². The summed E-state index contributed by atoms with van der Waals surface area (Å²) in [5, 5.41) is 9.25. The number of hydrogen-bond acceptors (Lipinski definition) is 4. The van der Waals surface area contributed by atoms with Crippen molar-refractivity contribution in [2.75, 3.05) is 0 Å². The molecule has 0 aliphatic carbocycles. The molecule has 27 heavy (non-hydrogen) atoms. The lowest BCUT2D eigenvalue weighted by Crippen LogP contribution is -2.33. The van der Waals surface area contributed by atoms with Crippen LogP contribution in [-0.2, 0) is 17.9 Å². The molecule has 2 aromatic heterocycles. The molecule has 1 amide bonds. The van der Waals surface area contributed by atoms with Crippen LogP contribution in [0.15, 0.2) is 53.3 Å². The number of halogens is 1. The summed E-state index contributed by atoms with van der Waals surface area (Å²) >= 11 is 7.65. The first-order valence-corrected chi connectivity index (χ1v) is 9.63. The van der Waals surface area contributed by atoms with Crippen molar-refractivity contribution in [3.8, 4) is 0 Å². The summed E-state index contributed by atoms with van der Waals surface area (Å²) in [6, 6.07) is 15.1. The first kappa shape index (κ1) is 17.7. The van der Waals surface area contributed by atoms with Gasteiger partial charge in [-0.1, -0.05) is 48.0 Å². The van der Waals surface area contributed by atoms with E-state index < -0.39 is 0 Å². The average molecular weight is 398 g/mol. The number of thiophene rings is 1. The molecule has 0 radical (unpaired) electrons. The fourth-order valence-corrected chi connectivity index (χ4v) is 4.39. The van der Waals surface area contributed by atoms with E-state index in [1.165, 1.54) is 4.68 Å². The van der Waals surface area contributed by atoms with Crippen molar-refractivity contribution >= 4 is 49.0 Å². The summed E-state index contributed by atoms with van der Waals surface area (Å²) in [6.45, 7) is 2.02. The van der Waals surface area contributed by atoms with Gasteiger partial charge in [0.2, 0.25) is 5.91 Å². The van der Waals surface area contributed by atoms with Gasteiger partial charge in [-0.2, -0.15) is 5.10 Å². The minimum atomic E-state index is -0.289. The molecule has 1 N–H and O–H groups in total. The molecule has 7 heteroatoms. The number of hydrogen-bond donors (Lipinski definition) is 1. The molecule has 0 saturated carbocycles. The monoisotopic (exact) mass is 397 g/mol. The van der Waals surface area contributed by atoms with Crippen molar-refractivity contribution in [2.24, 2.45) is 0 Å². The molecular formula is C20H16ClN3O2S. The van der Waals surface area contributed by atoms with E-state index >= 15 is 0 Å². The van der Waals surface area contributed by atoms with E-state index in [1.807, 2.05) is 49.4 Å². The fraction of sp³-hybridized carbons (Fsp3) is 0.150. The van der Waals surface area contributed by atoms with Crippen molar-refractivity contribution in [1.82, 2.24) is 15.1 Å². The molecule has 0 spiro atoms. The van der Waals surface area contributed by atoms with Crippen molar-refractivity contribution in [1.29, 1.82) is 0 Å². The fourth-order valence-electron chi connectivity index (χ4n) is 3.05. The van der Waals surface area contributed by atoms with Crippen LogP contribution in [0.1, 0.15) is 11.3 Å². The van der Waals surface area contributed by atoms with Crippen LogP contribution < -0.4 is 10.9 Å². The number of rotatable bonds is 4. The quantitative estimate of drug-likeness (QED) is 0.568. The van der Waals surface area contributed by atoms with E-state index in [0.717, 1.165) is 26.0 Å². The number of carbonyl (C=O) groups is 1. The predicted molar refractivity (Wildman–Crippen MR) is 109 cm³/mol. The number of aromatic nitrogens is 2. The SMILES string of the molecule is Cc1nn(CC(=O)NCc2ccccc2Cl)c(=O)c2c1sc1ccccc12. The molecule has 0 atom stereocenters. The molecule has 4 rings (SSSR count). The van der Waals surface area contributed by atoms with Gasteiger partial charge in [0.1, 0.15) is 6.54 Å². The Hall–Kier alpha value is -2.70. The molecule has 0 aliphatic rings.